The van der Waals surface area contributed by atoms with Crippen molar-refractivity contribution in [1.29, 1.82) is 0 Å². The first-order valence-electron chi connectivity index (χ1n) is 6.23. The van der Waals surface area contributed by atoms with Crippen molar-refractivity contribution in [2.45, 2.75) is 13.0 Å². The highest BCUT2D eigenvalue weighted by Crippen LogP contribution is 2.19. The molecule has 0 bridgehead atoms. The number of halogens is 2. The summed E-state index contributed by atoms with van der Waals surface area (Å²) in [5.41, 5.74) is 0.0655. The average Bonchev–Trinajstić information content (AvgIpc) is 2.84. The molecule has 112 valence electrons. The van der Waals surface area contributed by atoms with E-state index < -0.39 is 12.5 Å². The number of hydrogen-bond donors (Lipinski definition) is 1. The van der Waals surface area contributed by atoms with E-state index in [0.717, 1.165) is 0 Å². The Kier molecular flexibility index (Phi) is 4.81. The lowest BCUT2D eigenvalue weighted by Gasteiger charge is -2.10. The predicted octanol–water partition coefficient (Wildman–Crippen LogP) is 1.39. The predicted molar refractivity (Wildman–Crippen MR) is 70.1 cm³/mol. The molecule has 2 aromatic rings. The molecular formula is C13H14F2N4O2. The number of ether oxygens (including phenoxy) is 1. The van der Waals surface area contributed by atoms with Gasteiger partial charge in [0.1, 0.15) is 17.9 Å². The number of benzene rings is 1. The van der Waals surface area contributed by atoms with Gasteiger partial charge in [0, 0.05) is 20.0 Å². The normalized spacial score (nSPS) is 10.7. The summed E-state index contributed by atoms with van der Waals surface area (Å²) < 4.78 is 30.5. The average molecular weight is 296 g/mol. The molecule has 1 N–H and O–H groups in total. The number of carbonyl (C=O) groups is 1. The lowest BCUT2D eigenvalue weighted by molar-refractivity contribution is -0.0501. The Balaban J connectivity index is 1.96. The number of alkyl halides is 2. The molecule has 0 aliphatic heterocycles. The fraction of sp³-hybridized carbons (Fsp3) is 0.308. The molecular weight excluding hydrogens is 282 g/mol. The highest BCUT2D eigenvalue weighted by atomic mass is 19.3. The maximum atomic E-state index is 12.3. The van der Waals surface area contributed by atoms with E-state index in [1.54, 1.807) is 17.8 Å². The minimum absolute atomic E-state index is 0.0655. The van der Waals surface area contributed by atoms with E-state index in [2.05, 4.69) is 20.1 Å². The van der Waals surface area contributed by atoms with Gasteiger partial charge in [0.25, 0.3) is 5.91 Å². The largest absolute Gasteiger partial charge is 0.434 e. The molecule has 0 saturated carbocycles. The van der Waals surface area contributed by atoms with Crippen molar-refractivity contribution in [2.24, 2.45) is 7.05 Å². The number of rotatable bonds is 6. The van der Waals surface area contributed by atoms with Crippen molar-refractivity contribution in [3.8, 4) is 5.75 Å². The number of aryl methyl sites for hydroxylation is 1. The molecule has 0 atom stereocenters. The summed E-state index contributed by atoms with van der Waals surface area (Å²) >= 11 is 0. The zero-order valence-electron chi connectivity index (χ0n) is 11.3. The summed E-state index contributed by atoms with van der Waals surface area (Å²) in [4.78, 5) is 16.0. The van der Waals surface area contributed by atoms with Crippen LogP contribution in [0.15, 0.2) is 30.6 Å². The molecule has 0 spiro atoms. The summed E-state index contributed by atoms with van der Waals surface area (Å²) in [6.07, 6.45) is 1.91. The van der Waals surface area contributed by atoms with Crippen LogP contribution < -0.4 is 10.1 Å². The quantitative estimate of drug-likeness (QED) is 0.874. The van der Waals surface area contributed by atoms with Crippen LogP contribution in [0.5, 0.6) is 5.75 Å². The van der Waals surface area contributed by atoms with E-state index in [0.29, 0.717) is 18.8 Å². The Morgan fingerprint density at radius 3 is 2.86 bits per heavy atom. The van der Waals surface area contributed by atoms with Gasteiger partial charge in [0.05, 0.1) is 5.56 Å². The molecule has 0 aliphatic rings. The van der Waals surface area contributed by atoms with Gasteiger partial charge in [-0.05, 0) is 12.1 Å². The smallest absolute Gasteiger partial charge is 0.387 e. The van der Waals surface area contributed by atoms with Crippen LogP contribution in [0.25, 0.3) is 0 Å². The molecule has 2 rings (SSSR count). The zero-order valence-corrected chi connectivity index (χ0v) is 11.3. The third kappa shape index (κ3) is 3.98. The van der Waals surface area contributed by atoms with Gasteiger partial charge in [-0.1, -0.05) is 12.1 Å². The van der Waals surface area contributed by atoms with E-state index in [1.807, 2.05) is 0 Å². The highest BCUT2D eigenvalue weighted by Gasteiger charge is 2.15. The van der Waals surface area contributed by atoms with Gasteiger partial charge in [0.15, 0.2) is 0 Å². The third-order valence-corrected chi connectivity index (χ3v) is 2.79. The minimum atomic E-state index is -2.97. The number of carbonyl (C=O) groups excluding carboxylic acids is 1. The van der Waals surface area contributed by atoms with Gasteiger partial charge >= 0.3 is 6.61 Å². The van der Waals surface area contributed by atoms with E-state index in [4.69, 9.17) is 0 Å². The van der Waals surface area contributed by atoms with Crippen molar-refractivity contribution in [3.63, 3.8) is 0 Å². The van der Waals surface area contributed by atoms with E-state index >= 15 is 0 Å². The Morgan fingerprint density at radius 1 is 1.43 bits per heavy atom. The van der Waals surface area contributed by atoms with Crippen molar-refractivity contribution in [1.82, 2.24) is 20.1 Å². The van der Waals surface area contributed by atoms with Crippen LogP contribution in [0.2, 0.25) is 0 Å². The van der Waals surface area contributed by atoms with Crippen molar-refractivity contribution < 1.29 is 18.3 Å². The van der Waals surface area contributed by atoms with Gasteiger partial charge < -0.3 is 10.1 Å². The summed E-state index contributed by atoms with van der Waals surface area (Å²) in [6, 6.07) is 5.85. The topological polar surface area (TPSA) is 69.0 Å². The van der Waals surface area contributed by atoms with Gasteiger partial charge in [-0.25, -0.2) is 4.98 Å². The van der Waals surface area contributed by atoms with Crippen LogP contribution in [0.3, 0.4) is 0 Å². The van der Waals surface area contributed by atoms with Crippen molar-refractivity contribution in [3.05, 3.63) is 42.0 Å². The van der Waals surface area contributed by atoms with Gasteiger partial charge in [-0.3, -0.25) is 9.48 Å². The number of nitrogens with one attached hydrogen (secondary N) is 1. The third-order valence-electron chi connectivity index (χ3n) is 2.79. The van der Waals surface area contributed by atoms with Crippen molar-refractivity contribution >= 4 is 5.91 Å². The molecule has 21 heavy (non-hydrogen) atoms. The van der Waals surface area contributed by atoms with Crippen LogP contribution in [0.4, 0.5) is 8.78 Å². The molecule has 0 radical (unpaired) electrons. The Morgan fingerprint density at radius 2 is 2.19 bits per heavy atom. The number of aromatic nitrogens is 3. The summed E-state index contributed by atoms with van der Waals surface area (Å²) in [7, 11) is 1.75. The maximum absolute atomic E-state index is 12.3. The summed E-state index contributed by atoms with van der Waals surface area (Å²) in [5, 5.41) is 6.54. The fourth-order valence-corrected chi connectivity index (χ4v) is 1.78. The maximum Gasteiger partial charge on any atom is 0.387 e. The second-order valence-electron chi connectivity index (χ2n) is 4.18. The monoisotopic (exact) mass is 296 g/mol. The van der Waals surface area contributed by atoms with E-state index in [-0.39, 0.29) is 11.3 Å². The number of para-hydroxylation sites is 1. The van der Waals surface area contributed by atoms with Crippen LogP contribution in [-0.4, -0.2) is 33.8 Å². The lowest BCUT2D eigenvalue weighted by atomic mass is 10.2. The van der Waals surface area contributed by atoms with Crippen LogP contribution in [0.1, 0.15) is 16.2 Å². The molecule has 0 unspecified atom stereocenters. The molecule has 0 fully saturated rings. The van der Waals surface area contributed by atoms with Gasteiger partial charge in [-0.2, -0.15) is 13.9 Å². The number of amides is 1. The number of nitrogens with zero attached hydrogens (tertiary/aromatic N) is 3. The molecule has 0 saturated heterocycles. The van der Waals surface area contributed by atoms with Crippen molar-refractivity contribution in [2.75, 3.05) is 6.54 Å². The first-order chi connectivity index (χ1) is 10.1. The second kappa shape index (κ2) is 6.78. The molecule has 1 aromatic heterocycles. The highest BCUT2D eigenvalue weighted by molar-refractivity contribution is 5.96. The molecule has 1 amide bonds. The van der Waals surface area contributed by atoms with Gasteiger partial charge in [-0.15, -0.1) is 0 Å². The SMILES string of the molecule is Cn1ncnc1CCNC(=O)c1ccccc1OC(F)F. The fourth-order valence-electron chi connectivity index (χ4n) is 1.78. The van der Waals surface area contributed by atoms with Gasteiger partial charge in [0.2, 0.25) is 0 Å². The molecule has 0 aliphatic carbocycles. The van der Waals surface area contributed by atoms with Crippen LogP contribution >= 0.6 is 0 Å². The lowest BCUT2D eigenvalue weighted by Crippen LogP contribution is -2.27. The second-order valence-corrected chi connectivity index (χ2v) is 4.18. The first kappa shape index (κ1) is 14.9. The Hall–Kier alpha value is -2.51. The van der Waals surface area contributed by atoms with E-state index in [9.17, 15) is 13.6 Å². The molecule has 8 heteroatoms. The Bertz CT molecular complexity index is 616. The van der Waals surface area contributed by atoms with Crippen LogP contribution in [-0.2, 0) is 13.5 Å². The Labute approximate surface area is 119 Å². The van der Waals surface area contributed by atoms with E-state index in [1.165, 1.54) is 24.5 Å². The molecule has 1 heterocycles. The number of hydrogen-bond acceptors (Lipinski definition) is 4. The molecule has 1 aromatic carbocycles. The van der Waals surface area contributed by atoms with Crippen LogP contribution in [0, 0.1) is 0 Å². The standard InChI is InChI=1S/C13H14F2N4O2/c1-19-11(17-8-18-19)6-7-16-12(20)9-4-2-3-5-10(9)21-13(14)15/h2-5,8,13H,6-7H2,1H3,(H,16,20). The summed E-state index contributed by atoms with van der Waals surface area (Å²) in [5.74, 6) is 0.0875. The summed E-state index contributed by atoms with van der Waals surface area (Å²) in [6.45, 7) is -2.66. The first-order valence-corrected chi connectivity index (χ1v) is 6.23. The molecule has 6 nitrogen and oxygen atoms in total. The minimum Gasteiger partial charge on any atom is -0.434 e. The zero-order chi connectivity index (χ0) is 15.2.